The first-order chi connectivity index (χ1) is 15.5. The number of methoxy groups -OCH3 is 1. The molecule has 180 valence electrons. The molecule has 1 N–H and O–H groups in total. The van der Waals surface area contributed by atoms with Gasteiger partial charge in [-0.3, -0.25) is 9.59 Å². The van der Waals surface area contributed by atoms with E-state index in [0.29, 0.717) is 13.1 Å². The van der Waals surface area contributed by atoms with Crippen molar-refractivity contribution in [2.45, 2.75) is 29.2 Å². The van der Waals surface area contributed by atoms with Crippen molar-refractivity contribution in [2.75, 3.05) is 39.6 Å². The van der Waals surface area contributed by atoms with E-state index in [1.165, 1.54) is 49.8 Å². The zero-order chi connectivity index (χ0) is 24.4. The van der Waals surface area contributed by atoms with Gasteiger partial charge in [-0.15, -0.1) is 0 Å². The fraction of sp³-hybridized carbons (Fsp3) is 0.400. The molecule has 13 heteroatoms. The maximum absolute atomic E-state index is 12.8. The lowest BCUT2D eigenvalue weighted by atomic mass is 10.3. The second kappa shape index (κ2) is 9.63. The number of anilines is 1. The first-order valence-corrected chi connectivity index (χ1v) is 13.0. The maximum atomic E-state index is 12.8. The number of benzene rings is 1. The number of carbonyl (C=O) groups is 1. The second-order valence-corrected chi connectivity index (χ2v) is 11.7. The van der Waals surface area contributed by atoms with E-state index >= 15 is 0 Å². The molecular formula is C20H26N4O7S2. The topological polar surface area (TPSA) is 135 Å². The van der Waals surface area contributed by atoms with Gasteiger partial charge in [0.25, 0.3) is 5.56 Å². The van der Waals surface area contributed by atoms with Crippen LogP contribution in [0.1, 0.15) is 12.8 Å². The molecule has 0 bridgehead atoms. The van der Waals surface area contributed by atoms with Gasteiger partial charge in [0.15, 0.2) is 0 Å². The van der Waals surface area contributed by atoms with Crippen LogP contribution in [0.15, 0.2) is 51.1 Å². The molecule has 11 nitrogen and oxygen atoms in total. The Kier molecular flexibility index (Phi) is 7.26. The van der Waals surface area contributed by atoms with E-state index in [2.05, 4.69) is 5.32 Å². The minimum absolute atomic E-state index is 0.0689. The molecule has 0 spiro atoms. The van der Waals surface area contributed by atoms with Gasteiger partial charge in [-0.1, -0.05) is 0 Å². The normalized spacial score (nSPS) is 15.0. The first-order valence-electron chi connectivity index (χ1n) is 10.1. The predicted molar refractivity (Wildman–Crippen MR) is 121 cm³/mol. The first kappa shape index (κ1) is 24.9. The van der Waals surface area contributed by atoms with E-state index in [0.717, 1.165) is 34.0 Å². The number of nitrogens with one attached hydrogen (secondary N) is 1. The van der Waals surface area contributed by atoms with Gasteiger partial charge in [0.05, 0.1) is 12.0 Å². The largest absolute Gasteiger partial charge is 0.495 e. The summed E-state index contributed by atoms with van der Waals surface area (Å²) in [6.07, 6.45) is 2.69. The number of aromatic nitrogens is 1. The summed E-state index contributed by atoms with van der Waals surface area (Å²) in [6.45, 7) is 0.374. The van der Waals surface area contributed by atoms with Crippen LogP contribution in [0.3, 0.4) is 0 Å². The van der Waals surface area contributed by atoms with Crippen LogP contribution in [-0.4, -0.2) is 70.2 Å². The van der Waals surface area contributed by atoms with Crippen LogP contribution >= 0.6 is 0 Å². The van der Waals surface area contributed by atoms with Crippen LogP contribution in [-0.2, 0) is 31.4 Å². The number of hydrogen-bond acceptors (Lipinski definition) is 7. The number of amides is 1. The van der Waals surface area contributed by atoms with Gasteiger partial charge in [-0.2, -0.15) is 4.31 Å². The maximum Gasteiger partial charge on any atom is 0.251 e. The molecule has 1 aliphatic rings. The zero-order valence-electron chi connectivity index (χ0n) is 18.5. The number of hydrogen-bond donors (Lipinski definition) is 1. The van der Waals surface area contributed by atoms with Crippen LogP contribution < -0.4 is 15.6 Å². The van der Waals surface area contributed by atoms with Crippen molar-refractivity contribution in [2.24, 2.45) is 0 Å². The summed E-state index contributed by atoms with van der Waals surface area (Å²) in [5.74, 6) is -0.524. The van der Waals surface area contributed by atoms with Crippen LogP contribution in [0.25, 0.3) is 0 Å². The van der Waals surface area contributed by atoms with Crippen molar-refractivity contribution in [3.8, 4) is 5.75 Å². The number of pyridine rings is 1. The summed E-state index contributed by atoms with van der Waals surface area (Å²) < 4.78 is 59.1. The van der Waals surface area contributed by atoms with Gasteiger partial charge in [0.1, 0.15) is 17.2 Å². The summed E-state index contributed by atoms with van der Waals surface area (Å²) in [7, 11) is -3.52. The number of carbonyl (C=O) groups excluding carboxylic acids is 1. The van der Waals surface area contributed by atoms with Crippen LogP contribution in [0.4, 0.5) is 5.69 Å². The molecular weight excluding hydrogens is 472 g/mol. The van der Waals surface area contributed by atoms with Crippen LogP contribution in [0.5, 0.6) is 5.75 Å². The second-order valence-electron chi connectivity index (χ2n) is 7.64. The van der Waals surface area contributed by atoms with Crippen molar-refractivity contribution in [3.63, 3.8) is 0 Å². The molecule has 2 heterocycles. The lowest BCUT2D eigenvalue weighted by Crippen LogP contribution is -2.31. The van der Waals surface area contributed by atoms with E-state index in [-0.39, 0.29) is 21.2 Å². The molecule has 1 saturated heterocycles. The van der Waals surface area contributed by atoms with E-state index in [1.807, 2.05) is 0 Å². The van der Waals surface area contributed by atoms with Gasteiger partial charge >= 0.3 is 0 Å². The minimum Gasteiger partial charge on any atom is -0.495 e. The van der Waals surface area contributed by atoms with Crippen LogP contribution in [0, 0.1) is 0 Å². The molecule has 0 atom stereocenters. The average Bonchev–Trinajstić information content (AvgIpc) is 3.31. The molecule has 1 aromatic carbocycles. The average molecular weight is 499 g/mol. The van der Waals surface area contributed by atoms with Gasteiger partial charge in [-0.25, -0.2) is 21.1 Å². The Morgan fingerprint density at radius 2 is 1.76 bits per heavy atom. The molecule has 3 rings (SSSR count). The monoisotopic (exact) mass is 498 g/mol. The fourth-order valence-electron chi connectivity index (χ4n) is 3.37. The quantitative estimate of drug-likeness (QED) is 0.561. The molecule has 0 saturated carbocycles. The molecule has 0 radical (unpaired) electrons. The van der Waals surface area contributed by atoms with Crippen molar-refractivity contribution < 1.29 is 26.4 Å². The highest BCUT2D eigenvalue weighted by Gasteiger charge is 2.28. The lowest BCUT2D eigenvalue weighted by Gasteiger charge is -2.17. The smallest absolute Gasteiger partial charge is 0.251 e. The van der Waals surface area contributed by atoms with Crippen molar-refractivity contribution in [1.82, 2.24) is 13.2 Å². The molecule has 33 heavy (non-hydrogen) atoms. The predicted octanol–water partition coefficient (Wildman–Crippen LogP) is 0.530. The Labute approximate surface area is 192 Å². The molecule has 0 aliphatic carbocycles. The van der Waals surface area contributed by atoms with E-state index in [9.17, 15) is 26.4 Å². The molecule has 1 aromatic heterocycles. The fourth-order valence-corrected chi connectivity index (χ4v) is 5.98. The third kappa shape index (κ3) is 5.27. The summed E-state index contributed by atoms with van der Waals surface area (Å²) in [5.41, 5.74) is -0.369. The molecule has 0 unspecified atom stereocenters. The number of sulfonamides is 2. The Bertz CT molecular complexity index is 1310. The summed E-state index contributed by atoms with van der Waals surface area (Å²) in [6, 6.07) is 6.45. The van der Waals surface area contributed by atoms with E-state index in [4.69, 9.17) is 4.74 Å². The number of nitrogens with zero attached hydrogens (tertiary/aromatic N) is 3. The van der Waals surface area contributed by atoms with Gasteiger partial charge in [0, 0.05) is 45.1 Å². The lowest BCUT2D eigenvalue weighted by molar-refractivity contribution is -0.116. The van der Waals surface area contributed by atoms with Gasteiger partial charge in [0.2, 0.25) is 26.0 Å². The van der Waals surface area contributed by atoms with Crippen molar-refractivity contribution in [3.05, 3.63) is 46.9 Å². The highest BCUT2D eigenvalue weighted by atomic mass is 32.2. The van der Waals surface area contributed by atoms with Crippen molar-refractivity contribution >= 4 is 31.6 Å². The Hall–Kier alpha value is -2.74. The molecule has 1 amide bonds. The number of rotatable bonds is 8. The van der Waals surface area contributed by atoms with Crippen LogP contribution in [0.2, 0.25) is 0 Å². The van der Waals surface area contributed by atoms with E-state index < -0.39 is 38.1 Å². The third-order valence-electron chi connectivity index (χ3n) is 5.18. The Morgan fingerprint density at radius 1 is 1.09 bits per heavy atom. The molecule has 1 aliphatic heterocycles. The summed E-state index contributed by atoms with van der Waals surface area (Å²) >= 11 is 0. The zero-order valence-corrected chi connectivity index (χ0v) is 20.1. The third-order valence-corrected chi connectivity index (χ3v) is 8.90. The van der Waals surface area contributed by atoms with Gasteiger partial charge < -0.3 is 14.6 Å². The van der Waals surface area contributed by atoms with Crippen molar-refractivity contribution in [1.29, 1.82) is 0 Å². The minimum atomic E-state index is -3.84. The highest BCUT2D eigenvalue weighted by Crippen LogP contribution is 2.29. The molecule has 2 aromatic rings. The summed E-state index contributed by atoms with van der Waals surface area (Å²) in [4.78, 5) is 24.6. The summed E-state index contributed by atoms with van der Waals surface area (Å²) in [5, 5.41) is 2.54. The number of ether oxygens (including phenoxy) is 1. The highest BCUT2D eigenvalue weighted by molar-refractivity contribution is 7.89. The Balaban J connectivity index is 1.84. The Morgan fingerprint density at radius 3 is 2.36 bits per heavy atom. The van der Waals surface area contributed by atoms with E-state index in [1.54, 1.807) is 0 Å². The van der Waals surface area contributed by atoms with Gasteiger partial charge in [-0.05, 0) is 37.1 Å². The SMILES string of the molecule is COc1ccc(NC(=O)Cn2cc(S(=O)(=O)N3CCCC3)ccc2=O)cc1S(=O)(=O)N(C)C. The molecule has 1 fully saturated rings. The standard InChI is InChI=1S/C20H26N4O7S2/c1-22(2)33(29,30)18-12-15(6-8-17(18)31-3)21-19(25)14-23-13-16(7-9-20(23)26)32(27,28)24-10-4-5-11-24/h6-9,12-13H,4-5,10-11,14H2,1-3H3,(H,21,25).